The molecule has 0 aromatic carbocycles. The molecule has 1 aliphatic heterocycles. The Morgan fingerprint density at radius 1 is 1.17 bits per heavy atom. The highest BCUT2D eigenvalue weighted by Gasteiger charge is 2.20. The molecule has 106 valence electrons. The van der Waals surface area contributed by atoms with Crippen molar-refractivity contribution < 1.29 is 9.84 Å². The summed E-state index contributed by atoms with van der Waals surface area (Å²) < 4.78 is 5.81. The zero-order valence-corrected chi connectivity index (χ0v) is 12.2. The lowest BCUT2D eigenvalue weighted by atomic mass is 9.96. The van der Waals surface area contributed by atoms with Gasteiger partial charge in [0.15, 0.2) is 0 Å². The Balaban J connectivity index is 2.09. The number of rotatable bonds is 9. The molecule has 0 fully saturated rings. The minimum atomic E-state index is 0.158. The molecule has 0 saturated heterocycles. The fourth-order valence-electron chi connectivity index (χ4n) is 2.61. The van der Waals surface area contributed by atoms with Crippen LogP contribution < -0.4 is 0 Å². The predicted molar refractivity (Wildman–Crippen MR) is 76.7 cm³/mol. The van der Waals surface area contributed by atoms with Crippen LogP contribution in [0.15, 0.2) is 11.6 Å². The van der Waals surface area contributed by atoms with Crippen LogP contribution >= 0.6 is 0 Å². The van der Waals surface area contributed by atoms with Gasteiger partial charge in [0.05, 0.1) is 19.3 Å². The first kappa shape index (κ1) is 15.7. The Hall–Kier alpha value is -0.340. The Kier molecular flexibility index (Phi) is 8.36. The maximum Gasteiger partial charge on any atom is 0.0807 e. The number of aliphatic hydroxyl groups is 1. The molecule has 2 atom stereocenters. The zero-order valence-electron chi connectivity index (χ0n) is 12.2. The molecule has 1 heterocycles. The van der Waals surface area contributed by atoms with Crippen molar-refractivity contribution in [2.75, 3.05) is 13.2 Å². The Morgan fingerprint density at radius 2 is 1.83 bits per heavy atom. The van der Waals surface area contributed by atoms with E-state index in [2.05, 4.69) is 19.9 Å². The molecule has 2 nitrogen and oxygen atoms in total. The lowest BCUT2D eigenvalue weighted by Gasteiger charge is -2.27. The molecule has 0 bridgehead atoms. The first-order valence-electron chi connectivity index (χ1n) is 7.71. The largest absolute Gasteiger partial charge is 0.392 e. The number of ether oxygens (including phenoxy) is 1. The third-order valence-corrected chi connectivity index (χ3v) is 3.72. The molecule has 1 rings (SSSR count). The van der Waals surface area contributed by atoms with Gasteiger partial charge in [0.1, 0.15) is 0 Å². The number of hydrogen-bond donors (Lipinski definition) is 1. The highest BCUT2D eigenvalue weighted by atomic mass is 16.5. The maximum absolute atomic E-state index is 9.33. The van der Waals surface area contributed by atoms with Crippen molar-refractivity contribution in [3.05, 3.63) is 11.6 Å². The van der Waals surface area contributed by atoms with Gasteiger partial charge in [-0.25, -0.2) is 0 Å². The first-order valence-corrected chi connectivity index (χ1v) is 7.71. The second kappa shape index (κ2) is 9.57. The molecular formula is C16H30O2. The summed E-state index contributed by atoms with van der Waals surface area (Å²) in [7, 11) is 0. The van der Waals surface area contributed by atoms with Crippen molar-refractivity contribution in [3.8, 4) is 0 Å². The molecule has 1 N–H and O–H groups in total. The highest BCUT2D eigenvalue weighted by Crippen LogP contribution is 2.22. The van der Waals surface area contributed by atoms with E-state index in [1.54, 1.807) is 0 Å². The van der Waals surface area contributed by atoms with E-state index in [9.17, 15) is 5.11 Å². The topological polar surface area (TPSA) is 29.5 Å². The van der Waals surface area contributed by atoms with Gasteiger partial charge in [0.2, 0.25) is 0 Å². The third-order valence-electron chi connectivity index (χ3n) is 3.72. The molecule has 0 aromatic heterocycles. The summed E-state index contributed by atoms with van der Waals surface area (Å²) in [6.07, 6.45) is 12.8. The van der Waals surface area contributed by atoms with Gasteiger partial charge >= 0.3 is 0 Å². The van der Waals surface area contributed by atoms with E-state index >= 15 is 0 Å². The minimum Gasteiger partial charge on any atom is -0.392 e. The van der Waals surface area contributed by atoms with Crippen LogP contribution in [-0.2, 0) is 4.74 Å². The normalized spacial score (nSPS) is 24.1. The first-order chi connectivity index (χ1) is 8.77. The minimum absolute atomic E-state index is 0.158. The van der Waals surface area contributed by atoms with Crippen LogP contribution in [0.1, 0.15) is 65.2 Å². The summed E-state index contributed by atoms with van der Waals surface area (Å²) in [5.74, 6) is 0.456. The molecule has 0 saturated carbocycles. The molecule has 0 spiro atoms. The maximum atomic E-state index is 9.33. The van der Waals surface area contributed by atoms with Crippen LogP contribution in [0.5, 0.6) is 0 Å². The van der Waals surface area contributed by atoms with Gasteiger partial charge in [-0.05, 0) is 17.9 Å². The van der Waals surface area contributed by atoms with Crippen LogP contribution in [-0.4, -0.2) is 24.4 Å². The second-order valence-corrected chi connectivity index (χ2v) is 5.61. The molecule has 0 unspecified atom stereocenters. The highest BCUT2D eigenvalue weighted by molar-refractivity contribution is 5.12. The van der Waals surface area contributed by atoms with Crippen LogP contribution in [0.2, 0.25) is 0 Å². The van der Waals surface area contributed by atoms with Crippen molar-refractivity contribution in [1.29, 1.82) is 0 Å². The van der Waals surface area contributed by atoms with Crippen LogP contribution in [0.25, 0.3) is 0 Å². The lowest BCUT2D eigenvalue weighted by molar-refractivity contribution is 0.0364. The monoisotopic (exact) mass is 254 g/mol. The Bertz CT molecular complexity index is 235. The number of hydrogen-bond acceptors (Lipinski definition) is 2. The van der Waals surface area contributed by atoms with E-state index < -0.39 is 0 Å². The van der Waals surface area contributed by atoms with Crippen LogP contribution in [0.3, 0.4) is 0 Å². The molecule has 18 heavy (non-hydrogen) atoms. The van der Waals surface area contributed by atoms with Gasteiger partial charge in [-0.3, -0.25) is 0 Å². The summed E-state index contributed by atoms with van der Waals surface area (Å²) in [6.45, 7) is 5.36. The molecule has 1 aliphatic rings. The summed E-state index contributed by atoms with van der Waals surface area (Å²) in [5, 5.41) is 9.33. The zero-order chi connectivity index (χ0) is 13.2. The molecule has 0 aromatic rings. The van der Waals surface area contributed by atoms with Gasteiger partial charge in [0, 0.05) is 0 Å². The fraction of sp³-hybridized carbons (Fsp3) is 0.875. The van der Waals surface area contributed by atoms with Gasteiger partial charge < -0.3 is 9.84 Å². The molecular weight excluding hydrogens is 224 g/mol. The van der Waals surface area contributed by atoms with Gasteiger partial charge in [-0.1, -0.05) is 64.9 Å². The Labute approximate surface area is 112 Å². The van der Waals surface area contributed by atoms with Gasteiger partial charge in [0.25, 0.3) is 0 Å². The standard InChI is InChI=1S/C16H30O2/c1-3-4-5-6-7-8-9-10-16-15(12-17)11-14(2)13-18-16/h11,14,16-17H,3-10,12-13H2,1-2H3/t14-,16+/m1/s1. The smallest absolute Gasteiger partial charge is 0.0807 e. The average molecular weight is 254 g/mol. The van der Waals surface area contributed by atoms with Gasteiger partial charge in [-0.2, -0.15) is 0 Å². The average Bonchev–Trinajstić information content (AvgIpc) is 2.39. The van der Waals surface area contributed by atoms with Crippen molar-refractivity contribution in [3.63, 3.8) is 0 Å². The lowest BCUT2D eigenvalue weighted by Crippen LogP contribution is -2.26. The summed E-state index contributed by atoms with van der Waals surface area (Å²) in [4.78, 5) is 0. The van der Waals surface area contributed by atoms with Gasteiger partial charge in [-0.15, -0.1) is 0 Å². The molecule has 0 radical (unpaired) electrons. The summed E-state index contributed by atoms with van der Waals surface area (Å²) in [5.41, 5.74) is 1.10. The van der Waals surface area contributed by atoms with Crippen molar-refractivity contribution >= 4 is 0 Å². The van der Waals surface area contributed by atoms with Crippen LogP contribution in [0.4, 0.5) is 0 Å². The number of unbranched alkanes of at least 4 members (excludes halogenated alkanes) is 6. The summed E-state index contributed by atoms with van der Waals surface area (Å²) in [6, 6.07) is 0. The Morgan fingerprint density at radius 3 is 2.50 bits per heavy atom. The fourth-order valence-corrected chi connectivity index (χ4v) is 2.61. The predicted octanol–water partition coefficient (Wildman–Crippen LogP) is 4.08. The quantitative estimate of drug-likeness (QED) is 0.496. The molecule has 0 aliphatic carbocycles. The third kappa shape index (κ3) is 6.01. The van der Waals surface area contributed by atoms with E-state index in [-0.39, 0.29) is 12.7 Å². The van der Waals surface area contributed by atoms with E-state index in [1.807, 2.05) is 0 Å². The van der Waals surface area contributed by atoms with Crippen LogP contribution in [0, 0.1) is 5.92 Å². The van der Waals surface area contributed by atoms with E-state index in [0.29, 0.717) is 5.92 Å². The number of aliphatic hydroxyl groups excluding tert-OH is 1. The van der Waals surface area contributed by atoms with E-state index in [1.165, 1.54) is 44.9 Å². The molecule has 0 amide bonds. The van der Waals surface area contributed by atoms with E-state index in [4.69, 9.17) is 4.74 Å². The van der Waals surface area contributed by atoms with Crippen molar-refractivity contribution in [2.45, 2.75) is 71.3 Å². The summed E-state index contributed by atoms with van der Waals surface area (Å²) >= 11 is 0. The van der Waals surface area contributed by atoms with Crippen molar-refractivity contribution in [2.24, 2.45) is 5.92 Å². The SMILES string of the molecule is CCCCCCCCC[C@@H]1OC[C@H](C)C=C1CO. The molecule has 2 heteroatoms. The van der Waals surface area contributed by atoms with Crippen molar-refractivity contribution in [1.82, 2.24) is 0 Å². The second-order valence-electron chi connectivity index (χ2n) is 5.61. The van der Waals surface area contributed by atoms with E-state index in [0.717, 1.165) is 18.6 Å².